The van der Waals surface area contributed by atoms with E-state index in [1.807, 2.05) is 11.5 Å². The van der Waals surface area contributed by atoms with Gasteiger partial charge in [0, 0.05) is 32.1 Å². The van der Waals surface area contributed by atoms with E-state index in [1.54, 1.807) is 0 Å². The summed E-state index contributed by atoms with van der Waals surface area (Å²) in [7, 11) is 0. The number of amides is 1. The first kappa shape index (κ1) is 20.0. The number of fused-ring (bicyclic) bond motifs is 2. The average Bonchev–Trinajstić information content (AvgIpc) is 3.17. The van der Waals surface area contributed by atoms with Crippen molar-refractivity contribution in [1.82, 2.24) is 25.0 Å². The third-order valence-corrected chi connectivity index (χ3v) is 6.01. The van der Waals surface area contributed by atoms with E-state index in [0.29, 0.717) is 19.8 Å². The summed E-state index contributed by atoms with van der Waals surface area (Å²) < 4.78 is 7.65. The van der Waals surface area contributed by atoms with Crippen molar-refractivity contribution < 1.29 is 9.53 Å². The van der Waals surface area contributed by atoms with Crippen LogP contribution in [-0.2, 0) is 34.6 Å². The first-order chi connectivity index (χ1) is 14.0. The van der Waals surface area contributed by atoms with Gasteiger partial charge in [-0.05, 0) is 30.9 Å². The molecule has 4 rings (SSSR count). The number of carbonyl (C=O) groups is 1. The molecular weight excluding hydrogens is 366 g/mol. The fraction of sp³-hybridized carbons (Fsp3) is 0.591. The van der Waals surface area contributed by atoms with Crippen LogP contribution in [0, 0.1) is 0 Å². The summed E-state index contributed by atoms with van der Waals surface area (Å²) in [4.78, 5) is 15.6. The van der Waals surface area contributed by atoms with Gasteiger partial charge >= 0.3 is 0 Å². The summed E-state index contributed by atoms with van der Waals surface area (Å²) in [5.41, 5.74) is 2.09. The number of nitrogens with zero attached hydrogens (tertiary/aromatic N) is 4. The smallest absolute Gasteiger partial charge is 0.248 e. The predicted molar refractivity (Wildman–Crippen MR) is 110 cm³/mol. The van der Waals surface area contributed by atoms with Gasteiger partial charge in [-0.2, -0.15) is 0 Å². The average molecular weight is 398 g/mol. The Balaban J connectivity index is 1.32. The molecule has 1 unspecified atom stereocenters. The first-order valence-electron chi connectivity index (χ1n) is 10.6. The van der Waals surface area contributed by atoms with Crippen molar-refractivity contribution >= 4 is 5.91 Å². The molecule has 0 bridgehead atoms. The largest absolute Gasteiger partial charge is 0.370 e. The molecule has 3 heterocycles. The van der Waals surface area contributed by atoms with Crippen molar-refractivity contribution in [2.45, 2.75) is 58.2 Å². The molecule has 1 amide bonds. The third-order valence-electron chi connectivity index (χ3n) is 6.01. The highest BCUT2D eigenvalue weighted by molar-refractivity contribution is 5.84. The molecule has 0 spiro atoms. The molecule has 0 aliphatic carbocycles. The number of benzene rings is 1. The third kappa shape index (κ3) is 3.94. The topological polar surface area (TPSA) is 72.3 Å². The number of nitrogens with one attached hydrogen (secondary N) is 1. The van der Waals surface area contributed by atoms with Gasteiger partial charge < -0.3 is 10.1 Å². The first-order valence-corrected chi connectivity index (χ1v) is 10.6. The molecule has 7 nitrogen and oxygen atoms in total. The number of aromatic nitrogens is 3. The van der Waals surface area contributed by atoms with Crippen LogP contribution in [0.15, 0.2) is 24.3 Å². The zero-order valence-corrected chi connectivity index (χ0v) is 17.6. The van der Waals surface area contributed by atoms with E-state index in [0.717, 1.165) is 44.1 Å². The summed E-state index contributed by atoms with van der Waals surface area (Å²) in [5, 5.41) is 11.7. The van der Waals surface area contributed by atoms with Gasteiger partial charge in [-0.15, -0.1) is 10.2 Å². The minimum atomic E-state index is -0.805. The molecule has 2 aliphatic heterocycles. The maximum absolute atomic E-state index is 13.1. The zero-order chi connectivity index (χ0) is 20.4. The molecule has 156 valence electrons. The van der Waals surface area contributed by atoms with Gasteiger partial charge in [0.15, 0.2) is 5.82 Å². The highest BCUT2D eigenvalue weighted by Gasteiger charge is 2.42. The summed E-state index contributed by atoms with van der Waals surface area (Å²) in [5.74, 6) is 1.74. The number of hydrogen-bond donors (Lipinski definition) is 1. The second-order valence-electron chi connectivity index (χ2n) is 8.64. The Morgan fingerprint density at radius 3 is 2.86 bits per heavy atom. The maximum Gasteiger partial charge on any atom is 0.248 e. The summed E-state index contributed by atoms with van der Waals surface area (Å²) in [6.07, 6.45) is 2.03. The standard InChI is InChI=1S/C22H31N5O2/c1-16(2)20-25-24-19-14-29-15-22(3,27(19)20)21(28)23-10-6-11-26-12-9-17-7-4-5-8-18(17)13-26/h4-5,7-8,16H,6,9-15H2,1-3H3,(H,23,28). The monoisotopic (exact) mass is 397 g/mol. The Morgan fingerprint density at radius 2 is 2.07 bits per heavy atom. The minimum absolute atomic E-state index is 0.0239. The highest BCUT2D eigenvalue weighted by Crippen LogP contribution is 2.29. The molecule has 0 fully saturated rings. The van der Waals surface area contributed by atoms with Gasteiger partial charge in [0.1, 0.15) is 18.0 Å². The van der Waals surface area contributed by atoms with Crippen LogP contribution in [0.25, 0.3) is 0 Å². The van der Waals surface area contributed by atoms with Crippen molar-refractivity contribution in [2.75, 3.05) is 26.2 Å². The summed E-state index contributed by atoms with van der Waals surface area (Å²) >= 11 is 0. The number of rotatable bonds is 6. The van der Waals surface area contributed by atoms with Crippen LogP contribution in [0.2, 0.25) is 0 Å². The van der Waals surface area contributed by atoms with Crippen LogP contribution >= 0.6 is 0 Å². The van der Waals surface area contributed by atoms with Crippen molar-refractivity contribution in [1.29, 1.82) is 0 Å². The van der Waals surface area contributed by atoms with Gasteiger partial charge in [-0.3, -0.25) is 14.3 Å². The van der Waals surface area contributed by atoms with Crippen molar-refractivity contribution in [3.63, 3.8) is 0 Å². The zero-order valence-electron chi connectivity index (χ0n) is 17.6. The van der Waals surface area contributed by atoms with E-state index in [-0.39, 0.29) is 11.8 Å². The van der Waals surface area contributed by atoms with E-state index in [1.165, 1.54) is 11.1 Å². The lowest BCUT2D eigenvalue weighted by Crippen LogP contribution is -2.53. The molecule has 0 saturated carbocycles. The molecular formula is C22H31N5O2. The fourth-order valence-corrected chi connectivity index (χ4v) is 4.35. The highest BCUT2D eigenvalue weighted by atomic mass is 16.5. The predicted octanol–water partition coefficient (Wildman–Crippen LogP) is 2.21. The maximum atomic E-state index is 13.1. The van der Waals surface area contributed by atoms with E-state index in [2.05, 4.69) is 58.5 Å². The normalized spacial score (nSPS) is 21.7. The number of ether oxygens (including phenoxy) is 1. The second kappa shape index (κ2) is 8.24. The van der Waals surface area contributed by atoms with Crippen molar-refractivity contribution in [3.05, 3.63) is 47.0 Å². The van der Waals surface area contributed by atoms with Crippen LogP contribution in [0.5, 0.6) is 0 Å². The van der Waals surface area contributed by atoms with E-state index in [9.17, 15) is 4.79 Å². The Hall–Kier alpha value is -2.25. The Labute approximate surface area is 172 Å². The lowest BCUT2D eigenvalue weighted by Gasteiger charge is -2.35. The minimum Gasteiger partial charge on any atom is -0.370 e. The van der Waals surface area contributed by atoms with Crippen molar-refractivity contribution in [2.24, 2.45) is 0 Å². The van der Waals surface area contributed by atoms with Crippen LogP contribution in [-0.4, -0.2) is 51.8 Å². The lowest BCUT2D eigenvalue weighted by atomic mass is 9.98. The molecule has 1 aromatic carbocycles. The molecule has 7 heteroatoms. The summed E-state index contributed by atoms with van der Waals surface area (Å²) in [6, 6.07) is 8.67. The van der Waals surface area contributed by atoms with Gasteiger partial charge in [-0.1, -0.05) is 38.1 Å². The van der Waals surface area contributed by atoms with Crippen LogP contribution < -0.4 is 5.32 Å². The Kier molecular flexibility index (Phi) is 5.69. The van der Waals surface area contributed by atoms with Crippen LogP contribution in [0.4, 0.5) is 0 Å². The van der Waals surface area contributed by atoms with Gasteiger partial charge in [0.2, 0.25) is 5.91 Å². The molecule has 2 aliphatic rings. The molecule has 2 aromatic rings. The molecule has 1 atom stereocenters. The van der Waals surface area contributed by atoms with E-state index < -0.39 is 5.54 Å². The van der Waals surface area contributed by atoms with E-state index >= 15 is 0 Å². The Bertz CT molecular complexity index is 878. The molecule has 0 radical (unpaired) electrons. The van der Waals surface area contributed by atoms with Gasteiger partial charge in [0.25, 0.3) is 0 Å². The summed E-state index contributed by atoms with van der Waals surface area (Å²) in [6.45, 7) is 10.5. The quantitative estimate of drug-likeness (QED) is 0.757. The second-order valence-corrected chi connectivity index (χ2v) is 8.64. The molecule has 1 N–H and O–H groups in total. The van der Waals surface area contributed by atoms with Crippen molar-refractivity contribution in [3.8, 4) is 0 Å². The van der Waals surface area contributed by atoms with Crippen LogP contribution in [0.1, 0.15) is 55.9 Å². The van der Waals surface area contributed by atoms with Crippen LogP contribution in [0.3, 0.4) is 0 Å². The number of hydrogen-bond acceptors (Lipinski definition) is 5. The van der Waals surface area contributed by atoms with Gasteiger partial charge in [0.05, 0.1) is 6.61 Å². The SMILES string of the molecule is CC(C)c1nnc2n1C(C)(C(=O)NCCCN1CCc3ccccc3C1)COC2. The molecule has 1 aromatic heterocycles. The molecule has 29 heavy (non-hydrogen) atoms. The fourth-order valence-electron chi connectivity index (χ4n) is 4.35. The lowest BCUT2D eigenvalue weighted by molar-refractivity contribution is -0.135. The number of carbonyl (C=O) groups excluding carboxylic acids is 1. The Morgan fingerprint density at radius 1 is 1.28 bits per heavy atom. The molecule has 0 saturated heterocycles. The van der Waals surface area contributed by atoms with E-state index in [4.69, 9.17) is 4.74 Å². The van der Waals surface area contributed by atoms with Gasteiger partial charge in [-0.25, -0.2) is 0 Å².